The summed E-state index contributed by atoms with van der Waals surface area (Å²) in [4.78, 5) is 27.2. The molecule has 0 bridgehead atoms. The molecule has 3 fully saturated rings. The Morgan fingerprint density at radius 3 is 2.60 bits per heavy atom. The molecule has 2 atom stereocenters. The monoisotopic (exact) mass is 208 g/mol. The van der Waals surface area contributed by atoms with Gasteiger partial charge in [0.2, 0.25) is 5.78 Å². The fourth-order valence-corrected chi connectivity index (χ4v) is 3.33. The molecule has 0 aromatic heterocycles. The first-order chi connectivity index (χ1) is 7.27. The topological polar surface area (TPSA) is 40.6 Å². The zero-order chi connectivity index (χ0) is 10.4. The number of carbonyl (C=O) groups excluding carboxylic acids is 2. The molecule has 0 aliphatic carbocycles. The van der Waals surface area contributed by atoms with Crippen LogP contribution >= 0.6 is 0 Å². The second kappa shape index (κ2) is 3.30. The Morgan fingerprint density at radius 2 is 1.87 bits per heavy atom. The Hall–Kier alpha value is -0.900. The molecule has 3 aliphatic rings. The molecule has 0 spiro atoms. The van der Waals surface area contributed by atoms with E-state index in [1.165, 1.54) is 19.4 Å². The van der Waals surface area contributed by atoms with Crippen molar-refractivity contribution in [2.75, 3.05) is 19.6 Å². The van der Waals surface area contributed by atoms with Crippen molar-refractivity contribution in [3.05, 3.63) is 0 Å². The van der Waals surface area contributed by atoms with Crippen molar-refractivity contribution in [2.24, 2.45) is 0 Å². The summed E-state index contributed by atoms with van der Waals surface area (Å²) in [7, 11) is 0. The summed E-state index contributed by atoms with van der Waals surface area (Å²) in [6.07, 6.45) is 3.94. The standard InChI is InChI=1S/C11H16N2O2/c14-10-4-7-13(11(10)15)9-3-6-12-5-1-2-8(9)12/h8-9H,1-7H2. The van der Waals surface area contributed by atoms with Gasteiger partial charge in [0.1, 0.15) is 0 Å². The van der Waals surface area contributed by atoms with E-state index in [9.17, 15) is 9.59 Å². The maximum absolute atomic E-state index is 11.6. The minimum atomic E-state index is -0.228. The first-order valence-corrected chi connectivity index (χ1v) is 5.85. The van der Waals surface area contributed by atoms with Gasteiger partial charge >= 0.3 is 0 Å². The highest BCUT2D eigenvalue weighted by molar-refractivity contribution is 6.37. The van der Waals surface area contributed by atoms with Crippen molar-refractivity contribution in [1.29, 1.82) is 0 Å². The molecule has 0 N–H and O–H groups in total. The number of Topliss-reactive ketones (excluding diaryl/α,β-unsaturated/α-hetero) is 1. The Kier molecular flexibility index (Phi) is 2.06. The molecule has 4 heteroatoms. The molecule has 2 unspecified atom stereocenters. The van der Waals surface area contributed by atoms with E-state index in [-0.39, 0.29) is 11.7 Å². The third kappa shape index (κ3) is 1.31. The molecule has 0 saturated carbocycles. The lowest BCUT2D eigenvalue weighted by Gasteiger charge is -2.28. The van der Waals surface area contributed by atoms with Crippen LogP contribution in [0.4, 0.5) is 0 Å². The van der Waals surface area contributed by atoms with Gasteiger partial charge in [-0.25, -0.2) is 0 Å². The van der Waals surface area contributed by atoms with Gasteiger partial charge in [0.05, 0.1) is 0 Å². The van der Waals surface area contributed by atoms with E-state index in [1.54, 1.807) is 0 Å². The number of likely N-dealkylation sites (tertiary alicyclic amines) is 1. The van der Waals surface area contributed by atoms with Gasteiger partial charge in [0.25, 0.3) is 5.91 Å². The smallest absolute Gasteiger partial charge is 0.290 e. The maximum Gasteiger partial charge on any atom is 0.290 e. The molecule has 0 radical (unpaired) electrons. The fraction of sp³-hybridized carbons (Fsp3) is 0.818. The summed E-state index contributed by atoms with van der Waals surface area (Å²) >= 11 is 0. The lowest BCUT2D eigenvalue weighted by Crippen LogP contribution is -2.44. The van der Waals surface area contributed by atoms with Crippen molar-refractivity contribution >= 4 is 11.7 Å². The van der Waals surface area contributed by atoms with E-state index in [0.29, 0.717) is 25.0 Å². The number of hydrogen-bond acceptors (Lipinski definition) is 3. The third-order valence-corrected chi connectivity index (χ3v) is 4.05. The van der Waals surface area contributed by atoms with Crippen molar-refractivity contribution in [2.45, 2.75) is 37.8 Å². The molecular formula is C11H16N2O2. The Morgan fingerprint density at radius 1 is 1.00 bits per heavy atom. The number of amides is 1. The highest BCUT2D eigenvalue weighted by atomic mass is 16.2. The molecule has 4 nitrogen and oxygen atoms in total. The fourth-order valence-electron chi connectivity index (χ4n) is 3.33. The number of fused-ring (bicyclic) bond motifs is 1. The summed E-state index contributed by atoms with van der Waals surface area (Å²) in [6.45, 7) is 2.94. The van der Waals surface area contributed by atoms with E-state index in [0.717, 1.165) is 13.0 Å². The molecule has 3 heterocycles. The third-order valence-electron chi connectivity index (χ3n) is 4.05. The maximum atomic E-state index is 11.6. The average Bonchev–Trinajstić information content (AvgIpc) is 2.85. The number of hydrogen-bond donors (Lipinski definition) is 0. The summed E-state index contributed by atoms with van der Waals surface area (Å²) in [6, 6.07) is 0.867. The SMILES string of the molecule is O=C1CCN(C2CCN3CCCC23)C1=O. The van der Waals surface area contributed by atoms with Gasteiger partial charge in [-0.1, -0.05) is 0 Å². The van der Waals surface area contributed by atoms with Crippen LogP contribution in [0.15, 0.2) is 0 Å². The van der Waals surface area contributed by atoms with E-state index in [2.05, 4.69) is 4.90 Å². The second-order valence-corrected chi connectivity index (χ2v) is 4.77. The van der Waals surface area contributed by atoms with Gasteiger partial charge < -0.3 is 4.90 Å². The highest BCUT2D eigenvalue weighted by Gasteiger charge is 2.44. The minimum Gasteiger partial charge on any atom is -0.331 e. The predicted octanol–water partition coefficient (Wildman–Crippen LogP) is 0.0245. The van der Waals surface area contributed by atoms with Gasteiger partial charge in [-0.3, -0.25) is 14.5 Å². The van der Waals surface area contributed by atoms with Crippen LogP contribution in [0.3, 0.4) is 0 Å². The molecule has 15 heavy (non-hydrogen) atoms. The first-order valence-electron chi connectivity index (χ1n) is 5.85. The van der Waals surface area contributed by atoms with Crippen LogP contribution in [0.5, 0.6) is 0 Å². The molecule has 3 saturated heterocycles. The normalized spacial score (nSPS) is 36.7. The largest absolute Gasteiger partial charge is 0.331 e. The molecule has 1 amide bonds. The van der Waals surface area contributed by atoms with Gasteiger partial charge in [-0.2, -0.15) is 0 Å². The highest BCUT2D eigenvalue weighted by Crippen LogP contribution is 2.32. The van der Waals surface area contributed by atoms with Crippen molar-refractivity contribution in [3.8, 4) is 0 Å². The summed E-state index contributed by atoms with van der Waals surface area (Å²) in [5.41, 5.74) is 0. The van der Waals surface area contributed by atoms with Crippen LogP contribution in [-0.2, 0) is 9.59 Å². The summed E-state index contributed by atoms with van der Waals surface area (Å²) < 4.78 is 0. The summed E-state index contributed by atoms with van der Waals surface area (Å²) in [5.74, 6) is -0.416. The van der Waals surface area contributed by atoms with Crippen LogP contribution in [0.1, 0.15) is 25.7 Å². The van der Waals surface area contributed by atoms with Gasteiger partial charge in [-0.05, 0) is 25.8 Å². The molecular weight excluding hydrogens is 192 g/mol. The van der Waals surface area contributed by atoms with Gasteiger partial charge in [-0.15, -0.1) is 0 Å². The minimum absolute atomic E-state index is 0.188. The van der Waals surface area contributed by atoms with Crippen molar-refractivity contribution in [1.82, 2.24) is 9.80 Å². The molecule has 3 rings (SSSR count). The first kappa shape index (κ1) is 9.33. The van der Waals surface area contributed by atoms with Crippen LogP contribution in [0.2, 0.25) is 0 Å². The Balaban J connectivity index is 1.77. The van der Waals surface area contributed by atoms with Crippen molar-refractivity contribution in [3.63, 3.8) is 0 Å². The average molecular weight is 208 g/mol. The molecule has 0 aromatic rings. The van der Waals surface area contributed by atoms with Crippen LogP contribution < -0.4 is 0 Å². The zero-order valence-corrected chi connectivity index (χ0v) is 8.82. The quantitative estimate of drug-likeness (QED) is 0.571. The molecule has 82 valence electrons. The predicted molar refractivity (Wildman–Crippen MR) is 54.3 cm³/mol. The number of carbonyl (C=O) groups is 2. The van der Waals surface area contributed by atoms with Gasteiger partial charge in [0, 0.05) is 31.6 Å². The molecule has 3 aliphatic heterocycles. The van der Waals surface area contributed by atoms with E-state index in [4.69, 9.17) is 0 Å². The molecule has 0 aromatic carbocycles. The number of nitrogens with zero attached hydrogens (tertiary/aromatic N) is 2. The summed E-state index contributed by atoms with van der Waals surface area (Å²) in [5, 5.41) is 0. The zero-order valence-electron chi connectivity index (χ0n) is 8.82. The lowest BCUT2D eigenvalue weighted by atomic mass is 10.1. The van der Waals surface area contributed by atoms with E-state index in [1.807, 2.05) is 4.90 Å². The Bertz CT molecular complexity index is 316. The van der Waals surface area contributed by atoms with Crippen molar-refractivity contribution < 1.29 is 9.59 Å². The van der Waals surface area contributed by atoms with Gasteiger partial charge in [0.15, 0.2) is 0 Å². The second-order valence-electron chi connectivity index (χ2n) is 4.77. The van der Waals surface area contributed by atoms with Crippen LogP contribution in [0, 0.1) is 0 Å². The lowest BCUT2D eigenvalue weighted by molar-refractivity contribution is -0.141. The number of rotatable bonds is 1. The Labute approximate surface area is 89.2 Å². The van der Waals surface area contributed by atoms with E-state index >= 15 is 0 Å². The number of ketones is 1. The van der Waals surface area contributed by atoms with E-state index < -0.39 is 0 Å². The van der Waals surface area contributed by atoms with Crippen LogP contribution in [-0.4, -0.2) is 53.2 Å². The van der Waals surface area contributed by atoms with Crippen LogP contribution in [0.25, 0.3) is 0 Å².